The van der Waals surface area contributed by atoms with Crippen LogP contribution in [0.25, 0.3) is 0 Å². The summed E-state index contributed by atoms with van der Waals surface area (Å²) in [7, 11) is 0. The van der Waals surface area contributed by atoms with Crippen LogP contribution in [0.3, 0.4) is 0 Å². The smallest absolute Gasteiger partial charge is 0.316 e. The zero-order valence-electron chi connectivity index (χ0n) is 19.2. The number of anilines is 2. The number of hydrogen-bond acceptors (Lipinski definition) is 5. The average Bonchev–Trinajstić information content (AvgIpc) is 3.55. The number of halogens is 1. The summed E-state index contributed by atoms with van der Waals surface area (Å²) in [5, 5.41) is 0.515. The van der Waals surface area contributed by atoms with Gasteiger partial charge in [-0.05, 0) is 72.6 Å². The number of esters is 1. The Morgan fingerprint density at radius 3 is 2.19 bits per heavy atom. The van der Waals surface area contributed by atoms with Crippen molar-refractivity contribution in [2.45, 2.75) is 12.8 Å². The Kier molecular flexibility index (Phi) is 4.71. The lowest BCUT2D eigenvalue weighted by molar-refractivity contribution is -0.139. The van der Waals surface area contributed by atoms with Crippen molar-refractivity contribution < 1.29 is 23.9 Å². The number of imide groups is 1. The summed E-state index contributed by atoms with van der Waals surface area (Å²) in [5.74, 6) is -0.256. The molecule has 0 aromatic heterocycles. The maximum Gasteiger partial charge on any atom is 0.316 e. The average molecular weight is 503 g/mol. The maximum absolute atomic E-state index is 13.3. The number of hydrogen-bond donors (Lipinski definition) is 0. The minimum Gasteiger partial charge on any atom is -0.426 e. The van der Waals surface area contributed by atoms with Crippen LogP contribution >= 0.6 is 11.6 Å². The van der Waals surface area contributed by atoms with Gasteiger partial charge in [0, 0.05) is 23.7 Å². The summed E-state index contributed by atoms with van der Waals surface area (Å²) in [6.45, 7) is 0.216. The van der Waals surface area contributed by atoms with E-state index in [9.17, 15) is 19.2 Å². The quantitative estimate of drug-likeness (QED) is 0.274. The second-order valence-corrected chi connectivity index (χ2v) is 10.9. The third-order valence-corrected chi connectivity index (χ3v) is 8.79. The highest BCUT2D eigenvalue weighted by Crippen LogP contribution is 2.65. The molecule has 2 aromatic rings. The molecule has 8 heteroatoms. The van der Waals surface area contributed by atoms with Gasteiger partial charge in [-0.15, -0.1) is 0 Å². The van der Waals surface area contributed by atoms with Crippen LogP contribution in [0, 0.1) is 41.4 Å². The fraction of sp³-hybridized carbons (Fsp3) is 0.357. The molecule has 2 aliphatic heterocycles. The third kappa shape index (κ3) is 3.18. The molecule has 2 saturated carbocycles. The first kappa shape index (κ1) is 21.8. The Balaban J connectivity index is 1.04. The standard InChI is InChI=1S/C28H23ClN2O5/c29-15-2-1-3-17(11-15)30-13-14(10-23(30)32)28(35)36-18-6-4-16(5-7-18)31-26(33)24-19-8-9-20(22-12-21(19)22)25(24)27(31)34/h1-9,11,14,19-22,24-25H,10,12-13H2/t14-,19-,20-,21-,22+,24+,25+/m0/s1. The fourth-order valence-electron chi connectivity index (χ4n) is 6.83. The van der Waals surface area contributed by atoms with E-state index in [4.69, 9.17) is 16.3 Å². The highest BCUT2D eigenvalue weighted by molar-refractivity contribution is 6.31. The molecule has 0 unspecified atom stereocenters. The molecular formula is C28H23ClN2O5. The molecule has 2 bridgehead atoms. The van der Waals surface area contributed by atoms with Crippen LogP contribution in [0.1, 0.15) is 12.8 Å². The van der Waals surface area contributed by atoms with Crippen LogP contribution in [0.4, 0.5) is 11.4 Å². The SMILES string of the molecule is O=C(Oc1ccc(N2C(=O)[C@@H]3[C@H]4C=C[C@@H]([C@@H]5C[C@H]45)[C@H]3C2=O)cc1)[C@H]1CC(=O)N(c2cccc(Cl)c2)C1. The van der Waals surface area contributed by atoms with Gasteiger partial charge in [0.05, 0.1) is 23.4 Å². The fourth-order valence-corrected chi connectivity index (χ4v) is 7.02. The number of benzene rings is 2. The Morgan fingerprint density at radius 1 is 0.889 bits per heavy atom. The molecule has 0 N–H and O–H groups in total. The predicted molar refractivity (Wildman–Crippen MR) is 131 cm³/mol. The van der Waals surface area contributed by atoms with Gasteiger partial charge in [0.2, 0.25) is 17.7 Å². The first-order valence-electron chi connectivity index (χ1n) is 12.3. The maximum atomic E-state index is 13.3. The lowest BCUT2D eigenvalue weighted by Gasteiger charge is -2.37. The second kappa shape index (κ2) is 7.77. The van der Waals surface area contributed by atoms with Gasteiger partial charge in [0.15, 0.2) is 0 Å². The van der Waals surface area contributed by atoms with Crippen molar-refractivity contribution in [2.75, 3.05) is 16.3 Å². The van der Waals surface area contributed by atoms with Crippen molar-refractivity contribution in [3.63, 3.8) is 0 Å². The van der Waals surface area contributed by atoms with Crippen LogP contribution in [0.2, 0.25) is 5.02 Å². The van der Waals surface area contributed by atoms with Gasteiger partial charge in [0.25, 0.3) is 0 Å². The summed E-state index contributed by atoms with van der Waals surface area (Å²) in [6, 6.07) is 13.4. The van der Waals surface area contributed by atoms with Gasteiger partial charge in [-0.1, -0.05) is 29.8 Å². The molecule has 3 amide bonds. The molecule has 2 saturated heterocycles. The molecule has 8 rings (SSSR count). The Hall–Kier alpha value is -3.45. The van der Waals surface area contributed by atoms with E-state index in [1.165, 1.54) is 9.80 Å². The summed E-state index contributed by atoms with van der Waals surface area (Å²) >= 11 is 6.04. The summed E-state index contributed by atoms with van der Waals surface area (Å²) in [4.78, 5) is 54.7. The zero-order valence-corrected chi connectivity index (χ0v) is 20.0. The number of ether oxygens (including phenoxy) is 1. The number of carbonyl (C=O) groups excluding carboxylic acids is 4. The molecule has 4 aliphatic carbocycles. The second-order valence-electron chi connectivity index (χ2n) is 10.5. The molecule has 7 nitrogen and oxygen atoms in total. The van der Waals surface area contributed by atoms with E-state index in [0.717, 1.165) is 6.42 Å². The zero-order chi connectivity index (χ0) is 24.7. The molecule has 7 atom stereocenters. The van der Waals surface area contributed by atoms with E-state index < -0.39 is 11.9 Å². The van der Waals surface area contributed by atoms with Crippen LogP contribution < -0.4 is 14.5 Å². The van der Waals surface area contributed by atoms with Gasteiger partial charge < -0.3 is 9.64 Å². The normalized spacial score (nSPS) is 33.7. The molecular weight excluding hydrogens is 480 g/mol. The topological polar surface area (TPSA) is 84.0 Å². The molecule has 36 heavy (non-hydrogen) atoms. The molecule has 0 radical (unpaired) electrons. The first-order chi connectivity index (χ1) is 17.4. The van der Waals surface area contributed by atoms with E-state index in [2.05, 4.69) is 12.2 Å². The monoisotopic (exact) mass is 502 g/mol. The third-order valence-electron chi connectivity index (χ3n) is 8.55. The van der Waals surface area contributed by atoms with E-state index in [1.807, 2.05) is 0 Å². The van der Waals surface area contributed by atoms with Crippen LogP contribution in [-0.2, 0) is 19.2 Å². The van der Waals surface area contributed by atoms with Crippen molar-refractivity contribution in [1.82, 2.24) is 0 Å². The Morgan fingerprint density at radius 2 is 1.56 bits per heavy atom. The van der Waals surface area contributed by atoms with Gasteiger partial charge in [-0.3, -0.25) is 24.1 Å². The van der Waals surface area contributed by atoms with Gasteiger partial charge in [-0.25, -0.2) is 0 Å². The van der Waals surface area contributed by atoms with Crippen LogP contribution in [0.5, 0.6) is 5.75 Å². The summed E-state index contributed by atoms with van der Waals surface area (Å²) < 4.78 is 5.54. The van der Waals surface area contributed by atoms with Crippen molar-refractivity contribution in [3.05, 3.63) is 65.7 Å². The number of rotatable bonds is 4. The summed E-state index contributed by atoms with van der Waals surface area (Å²) in [5.41, 5.74) is 1.14. The van der Waals surface area contributed by atoms with E-state index in [1.54, 1.807) is 48.5 Å². The van der Waals surface area contributed by atoms with Gasteiger partial charge >= 0.3 is 5.97 Å². The minimum absolute atomic E-state index is 0.0569. The number of amides is 3. The highest BCUT2D eigenvalue weighted by atomic mass is 35.5. The summed E-state index contributed by atoms with van der Waals surface area (Å²) in [6.07, 6.45) is 5.48. The highest BCUT2D eigenvalue weighted by Gasteiger charge is 2.67. The number of carbonyl (C=O) groups is 4. The number of allylic oxidation sites excluding steroid dienone is 2. The molecule has 2 heterocycles. The number of nitrogens with zero attached hydrogens (tertiary/aromatic N) is 2. The van der Waals surface area contributed by atoms with Crippen LogP contribution in [0.15, 0.2) is 60.7 Å². The van der Waals surface area contributed by atoms with Gasteiger partial charge in [-0.2, -0.15) is 0 Å². The lowest BCUT2D eigenvalue weighted by Crippen LogP contribution is -2.40. The molecule has 182 valence electrons. The molecule has 6 aliphatic rings. The Labute approximate surface area is 212 Å². The molecule has 2 aromatic carbocycles. The minimum atomic E-state index is -0.601. The van der Waals surface area contributed by atoms with E-state index in [-0.39, 0.29) is 54.4 Å². The van der Waals surface area contributed by atoms with Crippen molar-refractivity contribution >= 4 is 46.7 Å². The largest absolute Gasteiger partial charge is 0.426 e. The van der Waals surface area contributed by atoms with Crippen molar-refractivity contribution in [3.8, 4) is 5.75 Å². The molecule has 4 fully saturated rings. The molecule has 0 spiro atoms. The first-order valence-corrected chi connectivity index (χ1v) is 12.7. The van der Waals surface area contributed by atoms with Gasteiger partial charge in [0.1, 0.15) is 5.75 Å². The van der Waals surface area contributed by atoms with Crippen molar-refractivity contribution in [2.24, 2.45) is 41.4 Å². The van der Waals surface area contributed by atoms with Crippen molar-refractivity contribution in [1.29, 1.82) is 0 Å². The van der Waals surface area contributed by atoms with Crippen LogP contribution in [-0.4, -0.2) is 30.2 Å². The predicted octanol–water partition coefficient (Wildman–Crippen LogP) is 3.86. The van der Waals surface area contributed by atoms with E-state index >= 15 is 0 Å². The Bertz CT molecular complexity index is 1320. The lowest BCUT2D eigenvalue weighted by atomic mass is 9.63. The van der Waals surface area contributed by atoms with E-state index in [0.29, 0.717) is 34.0 Å².